The number of amides is 1. The standard InChI is InChI=1S/C13H17F3N2O2/c1-3-6-20-11-5-4-9(13(14,15)16)7-10(11)18-12(19)8-17-2/h4-5,7,17H,3,6,8H2,1-2H3,(H,18,19). The number of anilines is 1. The van der Waals surface area contributed by atoms with Gasteiger partial charge >= 0.3 is 6.18 Å². The van der Waals surface area contributed by atoms with E-state index in [2.05, 4.69) is 10.6 Å². The Morgan fingerprint density at radius 3 is 2.60 bits per heavy atom. The summed E-state index contributed by atoms with van der Waals surface area (Å²) in [6.07, 6.45) is -3.75. The van der Waals surface area contributed by atoms with Crippen LogP contribution in [0.4, 0.5) is 18.9 Å². The average molecular weight is 290 g/mol. The van der Waals surface area contributed by atoms with Crippen LogP contribution in [0, 0.1) is 0 Å². The first-order valence-electron chi connectivity index (χ1n) is 6.17. The number of carbonyl (C=O) groups excluding carboxylic acids is 1. The second-order valence-electron chi connectivity index (χ2n) is 4.14. The highest BCUT2D eigenvalue weighted by Gasteiger charge is 2.31. The number of ether oxygens (including phenoxy) is 1. The van der Waals surface area contributed by atoms with Gasteiger partial charge in [-0.25, -0.2) is 0 Å². The van der Waals surface area contributed by atoms with E-state index in [9.17, 15) is 18.0 Å². The van der Waals surface area contributed by atoms with Gasteiger partial charge in [0.05, 0.1) is 24.4 Å². The molecule has 0 saturated carbocycles. The summed E-state index contributed by atoms with van der Waals surface area (Å²) in [7, 11) is 1.57. The molecule has 0 radical (unpaired) electrons. The first-order chi connectivity index (χ1) is 9.38. The third-order valence-corrected chi connectivity index (χ3v) is 2.38. The van der Waals surface area contributed by atoms with Crippen LogP contribution >= 0.6 is 0 Å². The quantitative estimate of drug-likeness (QED) is 0.847. The molecule has 1 aromatic rings. The molecule has 0 bridgehead atoms. The first-order valence-corrected chi connectivity index (χ1v) is 6.17. The Morgan fingerprint density at radius 2 is 2.05 bits per heavy atom. The molecule has 0 atom stereocenters. The lowest BCUT2D eigenvalue weighted by Crippen LogP contribution is -2.25. The summed E-state index contributed by atoms with van der Waals surface area (Å²) < 4.78 is 43.3. The molecule has 1 amide bonds. The minimum absolute atomic E-state index is 0.00344. The van der Waals surface area contributed by atoms with E-state index in [0.717, 1.165) is 12.1 Å². The molecule has 0 aromatic heterocycles. The van der Waals surface area contributed by atoms with Crippen molar-refractivity contribution in [1.82, 2.24) is 5.32 Å². The maximum atomic E-state index is 12.7. The van der Waals surface area contributed by atoms with Gasteiger partial charge in [-0.1, -0.05) is 6.92 Å². The molecule has 1 rings (SSSR count). The molecule has 0 heterocycles. The monoisotopic (exact) mass is 290 g/mol. The minimum Gasteiger partial charge on any atom is -0.491 e. The van der Waals surface area contributed by atoms with Crippen molar-refractivity contribution >= 4 is 11.6 Å². The predicted molar refractivity (Wildman–Crippen MR) is 69.8 cm³/mol. The van der Waals surface area contributed by atoms with Crippen LogP contribution in [0.3, 0.4) is 0 Å². The van der Waals surface area contributed by atoms with E-state index in [-0.39, 0.29) is 18.0 Å². The predicted octanol–water partition coefficient (Wildman–Crippen LogP) is 2.65. The van der Waals surface area contributed by atoms with Crippen LogP contribution in [0.2, 0.25) is 0 Å². The van der Waals surface area contributed by atoms with E-state index < -0.39 is 17.6 Å². The smallest absolute Gasteiger partial charge is 0.416 e. The summed E-state index contributed by atoms with van der Waals surface area (Å²) >= 11 is 0. The number of hydrogen-bond donors (Lipinski definition) is 2. The highest BCUT2D eigenvalue weighted by molar-refractivity contribution is 5.93. The van der Waals surface area contributed by atoms with Gasteiger partial charge in [0, 0.05) is 0 Å². The van der Waals surface area contributed by atoms with Gasteiger partial charge in [-0.2, -0.15) is 13.2 Å². The second kappa shape index (κ2) is 7.14. The second-order valence-corrected chi connectivity index (χ2v) is 4.14. The molecule has 7 heteroatoms. The summed E-state index contributed by atoms with van der Waals surface area (Å²) in [5.74, 6) is -0.211. The summed E-state index contributed by atoms with van der Waals surface area (Å²) in [6, 6.07) is 3.02. The summed E-state index contributed by atoms with van der Waals surface area (Å²) in [4.78, 5) is 11.5. The van der Waals surface area contributed by atoms with Gasteiger partial charge in [-0.3, -0.25) is 4.79 Å². The van der Waals surface area contributed by atoms with Crippen molar-refractivity contribution in [2.24, 2.45) is 0 Å². The van der Waals surface area contributed by atoms with Crippen molar-refractivity contribution < 1.29 is 22.7 Å². The van der Waals surface area contributed by atoms with Gasteiger partial charge in [-0.05, 0) is 31.7 Å². The van der Waals surface area contributed by atoms with Crippen molar-refractivity contribution in [2.75, 3.05) is 25.5 Å². The summed E-state index contributed by atoms with van der Waals surface area (Å²) in [6.45, 7) is 2.24. The first kappa shape index (κ1) is 16.3. The van der Waals surface area contributed by atoms with Crippen molar-refractivity contribution in [3.8, 4) is 5.75 Å². The molecule has 0 aliphatic heterocycles. The Morgan fingerprint density at radius 1 is 1.35 bits per heavy atom. The van der Waals surface area contributed by atoms with Gasteiger partial charge < -0.3 is 15.4 Å². The van der Waals surface area contributed by atoms with Gasteiger partial charge in [0.1, 0.15) is 5.75 Å². The zero-order chi connectivity index (χ0) is 15.2. The maximum absolute atomic E-state index is 12.7. The number of likely N-dealkylation sites (N-methyl/N-ethyl adjacent to an activating group) is 1. The number of carbonyl (C=O) groups is 1. The van der Waals surface area contributed by atoms with Crippen LogP contribution in [0.1, 0.15) is 18.9 Å². The fourth-order valence-corrected chi connectivity index (χ4v) is 1.50. The Kier molecular flexibility index (Phi) is 5.82. The minimum atomic E-state index is -4.47. The van der Waals surface area contributed by atoms with Crippen LogP contribution < -0.4 is 15.4 Å². The molecule has 0 aliphatic carbocycles. The SMILES string of the molecule is CCCOc1ccc(C(F)(F)F)cc1NC(=O)CNC. The number of rotatable bonds is 6. The molecule has 0 unspecified atom stereocenters. The van der Waals surface area contributed by atoms with E-state index >= 15 is 0 Å². The van der Waals surface area contributed by atoms with E-state index in [1.54, 1.807) is 7.05 Å². The van der Waals surface area contributed by atoms with Crippen molar-refractivity contribution in [2.45, 2.75) is 19.5 Å². The van der Waals surface area contributed by atoms with Gasteiger partial charge in [0.2, 0.25) is 5.91 Å². The normalized spacial score (nSPS) is 11.2. The molecule has 0 fully saturated rings. The Balaban J connectivity index is 3.02. The molecule has 2 N–H and O–H groups in total. The zero-order valence-electron chi connectivity index (χ0n) is 11.3. The van der Waals surface area contributed by atoms with E-state index in [1.165, 1.54) is 6.07 Å². The molecule has 0 saturated heterocycles. The van der Waals surface area contributed by atoms with Crippen molar-refractivity contribution in [3.63, 3.8) is 0 Å². The Bertz CT molecular complexity index is 461. The molecule has 4 nitrogen and oxygen atoms in total. The fourth-order valence-electron chi connectivity index (χ4n) is 1.50. The Hall–Kier alpha value is -1.76. The van der Waals surface area contributed by atoms with Crippen LogP contribution in [-0.2, 0) is 11.0 Å². The van der Waals surface area contributed by atoms with E-state index in [4.69, 9.17) is 4.74 Å². The largest absolute Gasteiger partial charge is 0.491 e. The van der Waals surface area contributed by atoms with Crippen LogP contribution in [0.5, 0.6) is 5.75 Å². The molecule has 1 aromatic carbocycles. The van der Waals surface area contributed by atoms with E-state index in [1.807, 2.05) is 6.92 Å². The molecule has 112 valence electrons. The highest BCUT2D eigenvalue weighted by atomic mass is 19.4. The molecule has 20 heavy (non-hydrogen) atoms. The third kappa shape index (κ3) is 4.73. The molecule has 0 aliphatic rings. The number of benzene rings is 1. The Labute approximate surface area is 115 Å². The van der Waals surface area contributed by atoms with Crippen molar-refractivity contribution in [1.29, 1.82) is 0 Å². The van der Waals surface area contributed by atoms with E-state index in [0.29, 0.717) is 13.0 Å². The molecular weight excluding hydrogens is 273 g/mol. The van der Waals surface area contributed by atoms with Crippen LogP contribution in [0.25, 0.3) is 0 Å². The lowest BCUT2D eigenvalue weighted by molar-refractivity contribution is -0.137. The van der Waals surface area contributed by atoms with Crippen LogP contribution in [0.15, 0.2) is 18.2 Å². The van der Waals surface area contributed by atoms with Crippen LogP contribution in [-0.4, -0.2) is 26.1 Å². The number of halogens is 3. The third-order valence-electron chi connectivity index (χ3n) is 2.38. The fraction of sp³-hybridized carbons (Fsp3) is 0.462. The highest BCUT2D eigenvalue weighted by Crippen LogP contribution is 2.35. The maximum Gasteiger partial charge on any atom is 0.416 e. The summed E-state index contributed by atoms with van der Waals surface area (Å²) in [5, 5.41) is 5.03. The lowest BCUT2D eigenvalue weighted by Gasteiger charge is -2.15. The van der Waals surface area contributed by atoms with Gasteiger partial charge in [-0.15, -0.1) is 0 Å². The van der Waals surface area contributed by atoms with Gasteiger partial charge in [0.25, 0.3) is 0 Å². The number of alkyl halides is 3. The summed E-state index contributed by atoms with van der Waals surface area (Å²) in [5.41, 5.74) is -0.811. The lowest BCUT2D eigenvalue weighted by atomic mass is 10.1. The number of nitrogens with one attached hydrogen (secondary N) is 2. The topological polar surface area (TPSA) is 50.4 Å². The zero-order valence-corrected chi connectivity index (χ0v) is 11.3. The molecule has 0 spiro atoms. The van der Waals surface area contributed by atoms with Gasteiger partial charge in [0.15, 0.2) is 0 Å². The molecular formula is C13H17F3N2O2. The van der Waals surface area contributed by atoms with Crippen molar-refractivity contribution in [3.05, 3.63) is 23.8 Å². The number of hydrogen-bond acceptors (Lipinski definition) is 3. The average Bonchev–Trinajstić information content (AvgIpc) is 2.36.